The Bertz CT molecular complexity index is 770. The average Bonchev–Trinajstić information content (AvgIpc) is 2.68. The van der Waals surface area contributed by atoms with E-state index in [9.17, 15) is 9.90 Å². The number of benzene rings is 2. The number of aliphatic hydroxyl groups is 1. The van der Waals surface area contributed by atoms with Crippen molar-refractivity contribution in [2.45, 2.75) is 20.0 Å². The number of aliphatic hydroxyl groups excluding tert-OH is 1. The number of para-hydroxylation sites is 2. The predicted molar refractivity (Wildman–Crippen MR) is 108 cm³/mol. The minimum Gasteiger partial charge on any atom is -0.490 e. The summed E-state index contributed by atoms with van der Waals surface area (Å²) in [5, 5.41) is 10.4. The molecule has 5 nitrogen and oxygen atoms in total. The molecule has 1 atom stereocenters. The third-order valence-corrected chi connectivity index (χ3v) is 4.99. The van der Waals surface area contributed by atoms with Crippen molar-refractivity contribution in [3.8, 4) is 5.75 Å². The van der Waals surface area contributed by atoms with Crippen LogP contribution in [-0.4, -0.2) is 61.2 Å². The number of ketones is 1. The zero-order valence-corrected chi connectivity index (χ0v) is 16.1. The van der Waals surface area contributed by atoms with Crippen molar-refractivity contribution in [1.82, 2.24) is 4.90 Å². The maximum Gasteiger partial charge on any atom is 0.163 e. The highest BCUT2D eigenvalue weighted by Crippen LogP contribution is 2.21. The first-order valence-electron chi connectivity index (χ1n) is 9.48. The molecule has 0 saturated carbocycles. The number of nitrogens with zero attached hydrogens (tertiary/aromatic N) is 2. The molecule has 0 aromatic heterocycles. The maximum atomic E-state index is 11.6. The lowest BCUT2D eigenvalue weighted by Crippen LogP contribution is -2.49. The molecule has 1 aliphatic heterocycles. The van der Waals surface area contributed by atoms with E-state index < -0.39 is 6.10 Å². The van der Waals surface area contributed by atoms with Crippen LogP contribution in [0, 0.1) is 6.92 Å². The third-order valence-electron chi connectivity index (χ3n) is 4.99. The molecule has 1 saturated heterocycles. The van der Waals surface area contributed by atoms with Crippen LogP contribution in [0.2, 0.25) is 0 Å². The molecule has 0 aliphatic carbocycles. The lowest BCUT2D eigenvalue weighted by atomic mass is 10.1. The van der Waals surface area contributed by atoms with Crippen molar-refractivity contribution < 1.29 is 14.6 Å². The first-order valence-corrected chi connectivity index (χ1v) is 9.48. The Hall–Kier alpha value is -2.37. The molecule has 27 heavy (non-hydrogen) atoms. The summed E-state index contributed by atoms with van der Waals surface area (Å²) in [7, 11) is 0. The van der Waals surface area contributed by atoms with Crippen LogP contribution in [0.25, 0.3) is 0 Å². The number of rotatable bonds is 7. The van der Waals surface area contributed by atoms with Gasteiger partial charge in [-0.2, -0.15) is 0 Å². The minimum absolute atomic E-state index is 0.0348. The van der Waals surface area contributed by atoms with Crippen molar-refractivity contribution in [2.75, 3.05) is 44.2 Å². The van der Waals surface area contributed by atoms with Crippen molar-refractivity contribution in [1.29, 1.82) is 0 Å². The number of hydrogen-bond donors (Lipinski definition) is 1. The van der Waals surface area contributed by atoms with Gasteiger partial charge in [-0.25, -0.2) is 0 Å². The average molecular weight is 368 g/mol. The Labute approximate surface area is 161 Å². The van der Waals surface area contributed by atoms with Gasteiger partial charge in [-0.3, -0.25) is 9.69 Å². The second kappa shape index (κ2) is 9.02. The number of Topliss-reactive ketones (excluding diaryl/α,β-unsaturated/α-hetero) is 1. The van der Waals surface area contributed by atoms with Crippen LogP contribution >= 0.6 is 0 Å². The summed E-state index contributed by atoms with van der Waals surface area (Å²) in [6, 6.07) is 15.6. The van der Waals surface area contributed by atoms with E-state index in [1.54, 1.807) is 12.1 Å². The fraction of sp³-hybridized carbons (Fsp3) is 0.409. The summed E-state index contributed by atoms with van der Waals surface area (Å²) in [6.07, 6.45) is -0.588. The van der Waals surface area contributed by atoms with Crippen molar-refractivity contribution >= 4 is 11.5 Å². The SMILES string of the molecule is CC(=O)c1ccccc1OCC(O)CN1CCN(c2ccccc2C)CC1. The molecule has 1 unspecified atom stereocenters. The van der Waals surface area contributed by atoms with Gasteiger partial charge in [0, 0.05) is 38.4 Å². The Morgan fingerprint density at radius 2 is 1.74 bits per heavy atom. The Kier molecular flexibility index (Phi) is 6.48. The van der Waals surface area contributed by atoms with Gasteiger partial charge < -0.3 is 14.7 Å². The number of anilines is 1. The standard InChI is InChI=1S/C22H28N2O3/c1-17-7-3-5-9-21(17)24-13-11-23(12-14-24)15-19(26)16-27-22-10-6-4-8-20(22)18(2)25/h3-10,19,26H,11-16H2,1-2H3. The minimum atomic E-state index is -0.588. The number of carbonyl (C=O) groups is 1. The van der Waals surface area contributed by atoms with Crippen LogP contribution < -0.4 is 9.64 Å². The summed E-state index contributed by atoms with van der Waals surface area (Å²) < 4.78 is 5.70. The summed E-state index contributed by atoms with van der Waals surface area (Å²) in [5.41, 5.74) is 3.14. The van der Waals surface area contributed by atoms with Gasteiger partial charge in [-0.05, 0) is 37.6 Å². The second-order valence-electron chi connectivity index (χ2n) is 7.09. The number of ether oxygens (including phenoxy) is 1. The Morgan fingerprint density at radius 3 is 2.44 bits per heavy atom. The molecule has 0 radical (unpaired) electrons. The van der Waals surface area contributed by atoms with E-state index in [0.29, 0.717) is 17.9 Å². The van der Waals surface area contributed by atoms with E-state index in [0.717, 1.165) is 26.2 Å². The summed E-state index contributed by atoms with van der Waals surface area (Å²) in [5.74, 6) is 0.501. The topological polar surface area (TPSA) is 53.0 Å². The molecule has 1 aliphatic rings. The van der Waals surface area contributed by atoms with E-state index in [1.807, 2.05) is 12.1 Å². The zero-order chi connectivity index (χ0) is 19.2. The van der Waals surface area contributed by atoms with Crippen molar-refractivity contribution in [2.24, 2.45) is 0 Å². The largest absolute Gasteiger partial charge is 0.490 e. The fourth-order valence-corrected chi connectivity index (χ4v) is 3.51. The quantitative estimate of drug-likeness (QED) is 0.762. The van der Waals surface area contributed by atoms with Crippen LogP contribution in [0.4, 0.5) is 5.69 Å². The monoisotopic (exact) mass is 368 g/mol. The smallest absolute Gasteiger partial charge is 0.163 e. The van der Waals surface area contributed by atoms with Gasteiger partial charge in [0.1, 0.15) is 18.5 Å². The highest BCUT2D eigenvalue weighted by molar-refractivity contribution is 5.96. The molecule has 5 heteroatoms. The van der Waals surface area contributed by atoms with Gasteiger partial charge >= 0.3 is 0 Å². The number of β-amino-alcohol motifs (C(OH)–C–C–N with tert-alkyl or cyclic N) is 1. The number of piperazine rings is 1. The Morgan fingerprint density at radius 1 is 1.07 bits per heavy atom. The van der Waals surface area contributed by atoms with Crippen molar-refractivity contribution in [3.05, 3.63) is 59.7 Å². The molecule has 1 N–H and O–H groups in total. The van der Waals surface area contributed by atoms with Crippen LogP contribution in [0.5, 0.6) is 5.75 Å². The molecular weight excluding hydrogens is 340 g/mol. The number of carbonyl (C=O) groups excluding carboxylic acids is 1. The Balaban J connectivity index is 1.47. The second-order valence-corrected chi connectivity index (χ2v) is 7.09. The molecule has 1 fully saturated rings. The predicted octanol–water partition coefficient (Wildman–Crippen LogP) is 2.76. The highest BCUT2D eigenvalue weighted by Gasteiger charge is 2.20. The zero-order valence-electron chi connectivity index (χ0n) is 16.1. The number of hydrogen-bond acceptors (Lipinski definition) is 5. The van der Waals surface area contributed by atoms with E-state index in [1.165, 1.54) is 18.2 Å². The van der Waals surface area contributed by atoms with Crippen LogP contribution in [-0.2, 0) is 0 Å². The summed E-state index contributed by atoms with van der Waals surface area (Å²) in [6.45, 7) is 8.14. The molecule has 3 rings (SSSR count). The third kappa shape index (κ3) is 5.08. The van der Waals surface area contributed by atoms with E-state index in [2.05, 4.69) is 41.0 Å². The van der Waals surface area contributed by atoms with Crippen LogP contribution in [0.3, 0.4) is 0 Å². The van der Waals surface area contributed by atoms with Gasteiger partial charge in [0.25, 0.3) is 0 Å². The lowest BCUT2D eigenvalue weighted by Gasteiger charge is -2.37. The van der Waals surface area contributed by atoms with E-state index >= 15 is 0 Å². The number of aryl methyl sites for hydroxylation is 1. The summed E-state index contributed by atoms with van der Waals surface area (Å²) >= 11 is 0. The van der Waals surface area contributed by atoms with Gasteiger partial charge in [-0.15, -0.1) is 0 Å². The highest BCUT2D eigenvalue weighted by atomic mass is 16.5. The molecule has 144 valence electrons. The van der Waals surface area contributed by atoms with Gasteiger partial charge in [0.15, 0.2) is 5.78 Å². The molecule has 0 bridgehead atoms. The van der Waals surface area contributed by atoms with Crippen LogP contribution in [0.1, 0.15) is 22.8 Å². The molecular formula is C22H28N2O3. The van der Waals surface area contributed by atoms with Crippen molar-refractivity contribution in [3.63, 3.8) is 0 Å². The first kappa shape index (κ1) is 19.4. The van der Waals surface area contributed by atoms with Gasteiger partial charge in [0.05, 0.1) is 5.56 Å². The fourth-order valence-electron chi connectivity index (χ4n) is 3.51. The van der Waals surface area contributed by atoms with Gasteiger partial charge in [-0.1, -0.05) is 30.3 Å². The first-order chi connectivity index (χ1) is 13.0. The molecule has 0 spiro atoms. The van der Waals surface area contributed by atoms with Gasteiger partial charge in [0.2, 0.25) is 0 Å². The lowest BCUT2D eigenvalue weighted by molar-refractivity contribution is 0.0656. The van der Waals surface area contributed by atoms with E-state index in [-0.39, 0.29) is 12.4 Å². The summed E-state index contributed by atoms with van der Waals surface area (Å²) in [4.78, 5) is 16.3. The van der Waals surface area contributed by atoms with E-state index in [4.69, 9.17) is 4.74 Å². The van der Waals surface area contributed by atoms with Crippen LogP contribution in [0.15, 0.2) is 48.5 Å². The molecule has 0 amide bonds. The molecule has 2 aromatic rings. The normalized spacial score (nSPS) is 16.2. The molecule has 1 heterocycles. The maximum absolute atomic E-state index is 11.6. The molecule has 2 aromatic carbocycles.